The molecule has 1 saturated heterocycles. The number of imide groups is 1. The van der Waals surface area contributed by atoms with E-state index in [1.54, 1.807) is 0 Å². The summed E-state index contributed by atoms with van der Waals surface area (Å²) in [4.78, 5) is 43.5. The Hall–Kier alpha value is -2.48. The Kier molecular flexibility index (Phi) is 5.06. The highest BCUT2D eigenvalue weighted by atomic mass is 32.1. The summed E-state index contributed by atoms with van der Waals surface area (Å²) in [7, 11) is 0. The van der Waals surface area contributed by atoms with Crippen molar-refractivity contribution in [2.45, 2.75) is 58.4 Å². The quantitative estimate of drug-likeness (QED) is 0.746. The second-order valence-electron chi connectivity index (χ2n) is 8.20. The van der Waals surface area contributed by atoms with Crippen LogP contribution in [0, 0.1) is 19.8 Å². The summed E-state index contributed by atoms with van der Waals surface area (Å²) < 4.78 is 1.03. The average molecular weight is 415 g/mol. The third-order valence-corrected chi connectivity index (χ3v) is 7.38. The molecule has 154 valence electrons. The molecule has 2 heterocycles. The fraction of sp³-hybridized carbons (Fsp3) is 0.524. The van der Waals surface area contributed by atoms with Crippen LogP contribution in [-0.4, -0.2) is 39.8 Å². The van der Waals surface area contributed by atoms with Crippen molar-refractivity contribution in [3.63, 3.8) is 0 Å². The van der Waals surface area contributed by atoms with E-state index in [1.165, 1.54) is 11.3 Å². The number of nitrogens with one attached hydrogen (secondary N) is 2. The Morgan fingerprint density at radius 3 is 2.62 bits per heavy atom. The Morgan fingerprint density at radius 2 is 1.97 bits per heavy atom. The Morgan fingerprint density at radius 1 is 1.28 bits per heavy atom. The number of aryl methyl sites for hydroxylation is 2. The first-order valence-electron chi connectivity index (χ1n) is 10.1. The van der Waals surface area contributed by atoms with Gasteiger partial charge < -0.3 is 10.6 Å². The molecule has 4 amide bonds. The third-order valence-electron chi connectivity index (χ3n) is 6.27. The van der Waals surface area contributed by atoms with Gasteiger partial charge >= 0.3 is 6.03 Å². The lowest BCUT2D eigenvalue weighted by atomic mass is 9.75. The summed E-state index contributed by atoms with van der Waals surface area (Å²) in [6, 6.07) is 3.56. The molecule has 2 aliphatic rings. The van der Waals surface area contributed by atoms with E-state index in [4.69, 9.17) is 0 Å². The molecule has 7 nitrogen and oxygen atoms in total. The molecule has 0 radical (unpaired) electrons. The number of carbonyl (C=O) groups excluding carboxylic acids is 3. The van der Waals surface area contributed by atoms with Crippen molar-refractivity contribution in [2.75, 3.05) is 11.9 Å². The topological polar surface area (TPSA) is 91.4 Å². The van der Waals surface area contributed by atoms with Gasteiger partial charge in [-0.05, 0) is 56.6 Å². The van der Waals surface area contributed by atoms with E-state index in [9.17, 15) is 14.4 Å². The minimum atomic E-state index is -0.826. The zero-order valence-corrected chi connectivity index (χ0v) is 17.8. The molecule has 2 N–H and O–H groups in total. The van der Waals surface area contributed by atoms with Crippen molar-refractivity contribution in [3.8, 4) is 0 Å². The van der Waals surface area contributed by atoms with Gasteiger partial charge in [0.15, 0.2) is 5.13 Å². The van der Waals surface area contributed by atoms with Crippen molar-refractivity contribution in [1.29, 1.82) is 0 Å². The molecule has 1 aliphatic carbocycles. The number of urea groups is 1. The van der Waals surface area contributed by atoms with Gasteiger partial charge in [0, 0.05) is 0 Å². The molecule has 8 heteroatoms. The lowest BCUT2D eigenvalue weighted by Crippen LogP contribution is -2.49. The highest BCUT2D eigenvalue weighted by Crippen LogP contribution is 2.37. The van der Waals surface area contributed by atoms with Crippen molar-refractivity contribution in [3.05, 3.63) is 23.3 Å². The monoisotopic (exact) mass is 414 g/mol. The molecule has 2 fully saturated rings. The Balaban J connectivity index is 1.45. The first-order valence-corrected chi connectivity index (χ1v) is 11.0. The number of hydrogen-bond acceptors (Lipinski definition) is 5. The van der Waals surface area contributed by atoms with Gasteiger partial charge in [0.1, 0.15) is 12.1 Å². The van der Waals surface area contributed by atoms with Crippen LogP contribution < -0.4 is 10.6 Å². The molecule has 29 heavy (non-hydrogen) atoms. The maximum absolute atomic E-state index is 13.0. The first-order chi connectivity index (χ1) is 13.8. The van der Waals surface area contributed by atoms with Crippen LogP contribution in [0.5, 0.6) is 0 Å². The number of nitrogens with zero attached hydrogens (tertiary/aromatic N) is 2. The van der Waals surface area contributed by atoms with Crippen molar-refractivity contribution >= 4 is 44.5 Å². The number of amides is 4. The highest BCUT2D eigenvalue weighted by Gasteiger charge is 2.52. The molecule has 1 spiro atoms. The fourth-order valence-electron chi connectivity index (χ4n) is 4.35. The molecule has 1 aromatic heterocycles. The van der Waals surface area contributed by atoms with Crippen LogP contribution in [0.1, 0.15) is 50.2 Å². The van der Waals surface area contributed by atoms with Gasteiger partial charge in [-0.1, -0.05) is 36.8 Å². The van der Waals surface area contributed by atoms with Gasteiger partial charge in [-0.15, -0.1) is 0 Å². The molecule has 1 aromatic carbocycles. The summed E-state index contributed by atoms with van der Waals surface area (Å²) >= 11 is 1.40. The van der Waals surface area contributed by atoms with E-state index in [2.05, 4.69) is 22.5 Å². The molecular formula is C21H26N4O3S. The summed E-state index contributed by atoms with van der Waals surface area (Å²) in [5.41, 5.74) is 2.18. The molecule has 1 saturated carbocycles. The number of hydrogen-bond donors (Lipinski definition) is 2. The minimum Gasteiger partial charge on any atom is -0.323 e. The van der Waals surface area contributed by atoms with Gasteiger partial charge in [0.05, 0.1) is 10.2 Å². The number of fused-ring (bicyclic) bond motifs is 1. The predicted octanol–water partition coefficient (Wildman–Crippen LogP) is 3.74. The summed E-state index contributed by atoms with van der Waals surface area (Å²) in [6.45, 7) is 5.84. The molecule has 0 atom stereocenters. The summed E-state index contributed by atoms with van der Waals surface area (Å²) in [5.74, 6) is -0.0843. The normalized spacial score (nSPS) is 24.4. The number of rotatable bonds is 4. The van der Waals surface area contributed by atoms with Crippen LogP contribution in [0.3, 0.4) is 0 Å². The maximum Gasteiger partial charge on any atom is 0.325 e. The summed E-state index contributed by atoms with van der Waals surface area (Å²) in [5, 5.41) is 6.10. The van der Waals surface area contributed by atoms with E-state index in [0.29, 0.717) is 23.9 Å². The van der Waals surface area contributed by atoms with E-state index in [1.807, 2.05) is 26.0 Å². The van der Waals surface area contributed by atoms with Crippen LogP contribution in [0.2, 0.25) is 0 Å². The zero-order valence-electron chi connectivity index (χ0n) is 17.0. The number of thiazole rings is 1. The molecule has 4 rings (SSSR count). The van der Waals surface area contributed by atoms with E-state index in [0.717, 1.165) is 45.5 Å². The first kappa shape index (κ1) is 19.8. The Bertz CT molecular complexity index is 952. The molecule has 2 aromatic rings. The maximum atomic E-state index is 13.0. The van der Waals surface area contributed by atoms with Crippen LogP contribution >= 0.6 is 11.3 Å². The van der Waals surface area contributed by atoms with E-state index >= 15 is 0 Å². The Labute approximate surface area is 173 Å². The van der Waals surface area contributed by atoms with Crippen molar-refractivity contribution in [2.24, 2.45) is 5.92 Å². The van der Waals surface area contributed by atoms with Crippen LogP contribution in [0.25, 0.3) is 10.2 Å². The lowest BCUT2D eigenvalue weighted by Gasteiger charge is -2.34. The number of carbonyl (C=O) groups is 3. The molecule has 1 aliphatic heterocycles. The standard InChI is InChI=1S/C21H26N4O3S/c1-4-14-7-9-21(10-8-14)18(27)25(20(28)24-21)11-15(26)22-19-23-16-12(2)5-6-13(3)17(16)29-19/h5-6,14H,4,7-11H2,1-3H3,(H,24,28)(H,22,23,26). The predicted molar refractivity (Wildman–Crippen MR) is 113 cm³/mol. The van der Waals surface area contributed by atoms with Crippen LogP contribution in [-0.2, 0) is 9.59 Å². The van der Waals surface area contributed by atoms with Gasteiger partial charge in [-0.25, -0.2) is 9.78 Å². The van der Waals surface area contributed by atoms with Gasteiger partial charge in [-0.2, -0.15) is 0 Å². The number of benzene rings is 1. The van der Waals surface area contributed by atoms with Crippen molar-refractivity contribution < 1.29 is 14.4 Å². The highest BCUT2D eigenvalue weighted by molar-refractivity contribution is 7.22. The minimum absolute atomic E-state index is 0.275. The molecular weight excluding hydrogens is 388 g/mol. The molecule has 0 unspecified atom stereocenters. The van der Waals surface area contributed by atoms with Crippen LogP contribution in [0.15, 0.2) is 12.1 Å². The van der Waals surface area contributed by atoms with Crippen molar-refractivity contribution in [1.82, 2.24) is 15.2 Å². The summed E-state index contributed by atoms with van der Waals surface area (Å²) in [6.07, 6.45) is 4.22. The van der Waals surface area contributed by atoms with E-state index < -0.39 is 17.5 Å². The van der Waals surface area contributed by atoms with Gasteiger partial charge in [0.25, 0.3) is 5.91 Å². The molecule has 0 bridgehead atoms. The number of aromatic nitrogens is 1. The van der Waals surface area contributed by atoms with Gasteiger partial charge in [-0.3, -0.25) is 14.5 Å². The SMILES string of the molecule is CCC1CCC2(CC1)NC(=O)N(CC(=O)Nc1nc3c(C)ccc(C)c3s1)C2=O. The fourth-order valence-corrected chi connectivity index (χ4v) is 5.38. The largest absolute Gasteiger partial charge is 0.325 e. The second-order valence-corrected chi connectivity index (χ2v) is 9.20. The number of anilines is 1. The average Bonchev–Trinajstić information content (AvgIpc) is 3.22. The van der Waals surface area contributed by atoms with E-state index in [-0.39, 0.29) is 12.5 Å². The smallest absolute Gasteiger partial charge is 0.323 e. The second kappa shape index (κ2) is 7.40. The zero-order chi connectivity index (χ0) is 20.8. The van der Waals surface area contributed by atoms with Gasteiger partial charge in [0.2, 0.25) is 5.91 Å². The third kappa shape index (κ3) is 3.50. The van der Waals surface area contributed by atoms with Crippen LogP contribution in [0.4, 0.5) is 9.93 Å². The lowest BCUT2D eigenvalue weighted by molar-refractivity contribution is -0.135.